The number of aromatic nitrogens is 3. The highest BCUT2D eigenvalue weighted by Gasteiger charge is 2.35. The van der Waals surface area contributed by atoms with Gasteiger partial charge in [-0.15, -0.1) is 0 Å². The summed E-state index contributed by atoms with van der Waals surface area (Å²) < 4.78 is 0. The third-order valence-electron chi connectivity index (χ3n) is 13.6. The average Bonchev–Trinajstić information content (AvgIpc) is 3.48. The van der Waals surface area contributed by atoms with E-state index < -0.39 is 0 Å². The third kappa shape index (κ3) is 7.28. The lowest BCUT2D eigenvalue weighted by molar-refractivity contribution is 1.07. The first-order valence-electron chi connectivity index (χ1n) is 24.3. The van der Waals surface area contributed by atoms with Crippen LogP contribution in [0, 0.1) is 22.7 Å². The minimum Gasteiger partial charge on any atom is -0.306 e. The summed E-state index contributed by atoms with van der Waals surface area (Å²) in [7, 11) is 0. The maximum Gasteiger partial charge on any atom is 0.167 e. The second-order valence-corrected chi connectivity index (χ2v) is 17.8. The summed E-state index contributed by atoms with van der Waals surface area (Å²) in [6.07, 6.45) is 0. The van der Waals surface area contributed by atoms with Gasteiger partial charge in [-0.25, -0.2) is 15.0 Å². The molecule has 0 saturated heterocycles. The molecular weight excluding hydrogens is 907 g/mol. The van der Waals surface area contributed by atoms with Crippen molar-refractivity contribution in [2.24, 2.45) is 0 Å². The summed E-state index contributed by atoms with van der Waals surface area (Å²) in [5, 5.41) is 21.5. The summed E-state index contributed by atoms with van der Waals surface area (Å²) in [5.74, 6) is 1.14. The highest BCUT2D eigenvalue weighted by Crippen LogP contribution is 2.58. The van der Waals surface area contributed by atoms with Crippen molar-refractivity contribution in [3.63, 3.8) is 0 Å². The van der Waals surface area contributed by atoms with Crippen LogP contribution in [0.2, 0.25) is 0 Å². The normalized spacial score (nSPS) is 12.2. The quantitative estimate of drug-likeness (QED) is 0.147. The van der Waals surface area contributed by atoms with E-state index in [4.69, 9.17) is 15.0 Å². The summed E-state index contributed by atoms with van der Waals surface area (Å²) in [6, 6.07) is 88.8. The zero-order chi connectivity index (χ0) is 49.5. The summed E-state index contributed by atoms with van der Waals surface area (Å²) in [6.45, 7) is 0. The molecule has 10 aromatic carbocycles. The van der Waals surface area contributed by atoms with Gasteiger partial charge in [0.1, 0.15) is 0 Å². The van der Waals surface area contributed by atoms with Crippen LogP contribution in [0.3, 0.4) is 0 Å². The molecule has 0 saturated carbocycles. The van der Waals surface area contributed by atoms with E-state index in [-0.39, 0.29) is 0 Å². The maximum atomic E-state index is 11.2. The van der Waals surface area contributed by atoms with Crippen molar-refractivity contribution in [1.29, 1.82) is 10.5 Å². The molecule has 0 bridgehead atoms. The molecule has 11 aromatic rings. The maximum absolute atomic E-state index is 11.2. The van der Waals surface area contributed by atoms with E-state index in [1.807, 2.05) is 97.1 Å². The lowest BCUT2D eigenvalue weighted by atomic mass is 9.94. The second-order valence-electron chi connectivity index (χ2n) is 17.8. The molecule has 0 amide bonds. The largest absolute Gasteiger partial charge is 0.306 e. The monoisotopic (exact) mass is 947 g/mol. The van der Waals surface area contributed by atoms with Gasteiger partial charge in [0.15, 0.2) is 17.5 Å². The zero-order valence-corrected chi connectivity index (χ0v) is 39.7. The second kappa shape index (κ2) is 18.3. The Labute approximate surface area is 428 Å². The first-order chi connectivity index (χ1) is 36.7. The van der Waals surface area contributed by atoms with E-state index in [0.29, 0.717) is 39.7 Å². The summed E-state index contributed by atoms with van der Waals surface area (Å²) in [4.78, 5) is 25.5. The third-order valence-corrected chi connectivity index (χ3v) is 13.6. The number of hydrogen-bond acceptors (Lipinski definition) is 9. The predicted molar refractivity (Wildman–Crippen MR) is 297 cm³/mol. The van der Waals surface area contributed by atoms with Gasteiger partial charge >= 0.3 is 0 Å². The topological polar surface area (TPSA) is 99.2 Å². The average molecular weight is 948 g/mol. The molecule has 0 aliphatic carbocycles. The van der Waals surface area contributed by atoms with Crippen molar-refractivity contribution in [2.75, 3.05) is 19.6 Å². The Balaban J connectivity index is 1.10. The first-order valence-corrected chi connectivity index (χ1v) is 24.3. The Hall–Kier alpha value is -10.6. The molecular formula is C65H41N9. The van der Waals surface area contributed by atoms with E-state index in [9.17, 15) is 10.5 Å². The number of fused-ring (bicyclic) bond motifs is 4. The van der Waals surface area contributed by atoms with Gasteiger partial charge in [0.2, 0.25) is 0 Å². The molecule has 0 atom stereocenters. The van der Waals surface area contributed by atoms with Gasteiger partial charge in [0.05, 0.1) is 91.3 Å². The zero-order valence-electron chi connectivity index (χ0n) is 39.7. The standard InChI is InChI=1S/C65H41N9/c66-42-44-21-18-24-46(41-44)50-30-20-40-60(74-57-37-16-12-33-53(57)72(49-28-8-3-9-29-49)54-34-13-17-38-58(54)74)62(50)65-69-63(45-22-4-1-5-23-45)68-64(70-65)61-47(43-67)25-19-39-59(61)73-55-35-14-10-31-51(55)71(48-26-6-2-7-27-48)52-32-11-15-36-56(52)73/h1-41H. The van der Waals surface area contributed by atoms with Crippen molar-refractivity contribution in [2.45, 2.75) is 0 Å². The van der Waals surface area contributed by atoms with Gasteiger partial charge in [-0.3, -0.25) is 0 Å². The van der Waals surface area contributed by atoms with Crippen molar-refractivity contribution >= 4 is 68.2 Å². The summed E-state index contributed by atoms with van der Waals surface area (Å²) in [5.41, 5.74) is 15.8. The molecule has 0 radical (unpaired) electrons. The fourth-order valence-corrected chi connectivity index (χ4v) is 10.4. The van der Waals surface area contributed by atoms with Gasteiger partial charge in [-0.05, 0) is 114 Å². The van der Waals surface area contributed by atoms with Crippen molar-refractivity contribution in [3.05, 3.63) is 260 Å². The van der Waals surface area contributed by atoms with Crippen LogP contribution in [0.4, 0.5) is 68.2 Å². The number of rotatable bonds is 8. The van der Waals surface area contributed by atoms with E-state index in [1.54, 1.807) is 0 Å². The van der Waals surface area contributed by atoms with Crippen LogP contribution in [0.15, 0.2) is 249 Å². The number of anilines is 12. The van der Waals surface area contributed by atoms with Crippen molar-refractivity contribution in [1.82, 2.24) is 15.0 Å². The lowest BCUT2D eigenvalue weighted by Gasteiger charge is -2.41. The molecule has 2 aliphatic rings. The molecule has 346 valence electrons. The smallest absolute Gasteiger partial charge is 0.167 e. The number of nitrogens with zero attached hydrogens (tertiary/aromatic N) is 9. The molecule has 0 fully saturated rings. The van der Waals surface area contributed by atoms with Crippen LogP contribution >= 0.6 is 0 Å². The lowest BCUT2D eigenvalue weighted by Crippen LogP contribution is -2.24. The molecule has 2 aliphatic heterocycles. The Kier molecular flexibility index (Phi) is 10.7. The van der Waals surface area contributed by atoms with Crippen molar-refractivity contribution < 1.29 is 0 Å². The van der Waals surface area contributed by atoms with Gasteiger partial charge in [-0.2, -0.15) is 10.5 Å². The minimum absolute atomic E-state index is 0.322. The molecule has 9 nitrogen and oxygen atoms in total. The number of nitriles is 2. The highest BCUT2D eigenvalue weighted by atomic mass is 15.3. The predicted octanol–water partition coefficient (Wildman–Crippen LogP) is 16.8. The van der Waals surface area contributed by atoms with E-state index in [0.717, 1.165) is 84.9 Å². The van der Waals surface area contributed by atoms with Crippen LogP contribution in [0.5, 0.6) is 0 Å². The Morgan fingerprint density at radius 2 is 0.649 bits per heavy atom. The Bertz CT molecular complexity index is 3940. The SMILES string of the molecule is N#Cc1cccc(-c2cccc(N3c4ccccc4N(c4ccccc4)c4ccccc43)c2-c2nc(-c3ccccc3)nc(-c3c(C#N)cccc3N3c4ccccc4N(c4ccccc4)c4ccccc43)n2)c1. The minimum atomic E-state index is 0.322. The van der Waals surface area contributed by atoms with Crippen LogP contribution in [-0.2, 0) is 0 Å². The molecule has 9 heteroatoms. The molecule has 3 heterocycles. The summed E-state index contributed by atoms with van der Waals surface area (Å²) >= 11 is 0. The molecule has 13 rings (SSSR count). The molecule has 0 spiro atoms. The Morgan fingerprint density at radius 3 is 1.12 bits per heavy atom. The van der Waals surface area contributed by atoms with E-state index in [2.05, 4.69) is 183 Å². The van der Waals surface area contributed by atoms with Gasteiger partial charge < -0.3 is 19.6 Å². The number of hydrogen-bond donors (Lipinski definition) is 0. The van der Waals surface area contributed by atoms with Gasteiger partial charge in [-0.1, -0.05) is 146 Å². The molecule has 0 N–H and O–H groups in total. The number of para-hydroxylation sites is 10. The van der Waals surface area contributed by atoms with E-state index in [1.165, 1.54) is 0 Å². The van der Waals surface area contributed by atoms with Gasteiger partial charge in [0, 0.05) is 16.9 Å². The van der Waals surface area contributed by atoms with Crippen LogP contribution < -0.4 is 19.6 Å². The van der Waals surface area contributed by atoms with Crippen molar-refractivity contribution in [3.8, 4) is 57.4 Å². The fraction of sp³-hybridized carbons (Fsp3) is 0. The highest BCUT2D eigenvalue weighted by molar-refractivity contribution is 6.07. The first kappa shape index (κ1) is 43.4. The Morgan fingerprint density at radius 1 is 0.284 bits per heavy atom. The van der Waals surface area contributed by atoms with Gasteiger partial charge in [0.25, 0.3) is 0 Å². The van der Waals surface area contributed by atoms with Crippen LogP contribution in [0.1, 0.15) is 11.1 Å². The number of benzene rings is 10. The molecule has 74 heavy (non-hydrogen) atoms. The molecule has 0 unspecified atom stereocenters. The van der Waals surface area contributed by atoms with E-state index >= 15 is 0 Å². The van der Waals surface area contributed by atoms with Crippen LogP contribution in [-0.4, -0.2) is 15.0 Å². The fourth-order valence-electron chi connectivity index (χ4n) is 10.4. The molecule has 1 aromatic heterocycles. The van der Waals surface area contributed by atoms with Crippen LogP contribution in [0.25, 0.3) is 45.3 Å².